The quantitative estimate of drug-likeness (QED) is 0.847. The minimum atomic E-state index is -2.89. The fourth-order valence-electron chi connectivity index (χ4n) is 2.28. The zero-order valence-corrected chi connectivity index (χ0v) is 12.3. The molecule has 0 radical (unpaired) electrons. The molecule has 0 saturated carbocycles. The minimum absolute atomic E-state index is 0. The third-order valence-electron chi connectivity index (χ3n) is 3.26. The number of carbonyl (C=O) groups is 1. The molecular formula is C14H19ClF2N2O2. The van der Waals surface area contributed by atoms with Gasteiger partial charge in [-0.25, -0.2) is 0 Å². The lowest BCUT2D eigenvalue weighted by molar-refractivity contribution is -0.0498. The van der Waals surface area contributed by atoms with E-state index in [9.17, 15) is 13.6 Å². The maximum atomic E-state index is 12.1. The van der Waals surface area contributed by atoms with Crippen LogP contribution in [0.5, 0.6) is 5.75 Å². The molecule has 1 aliphatic rings. The first-order chi connectivity index (χ1) is 9.65. The summed E-state index contributed by atoms with van der Waals surface area (Å²) in [6, 6.07) is 6.26. The lowest BCUT2D eigenvalue weighted by Crippen LogP contribution is -2.30. The van der Waals surface area contributed by atoms with Crippen molar-refractivity contribution in [3.63, 3.8) is 0 Å². The Labute approximate surface area is 128 Å². The van der Waals surface area contributed by atoms with Crippen molar-refractivity contribution in [3.8, 4) is 5.75 Å². The van der Waals surface area contributed by atoms with Crippen molar-refractivity contribution in [2.45, 2.75) is 31.9 Å². The van der Waals surface area contributed by atoms with Crippen LogP contribution in [0.3, 0.4) is 0 Å². The van der Waals surface area contributed by atoms with Crippen molar-refractivity contribution in [1.29, 1.82) is 0 Å². The maximum Gasteiger partial charge on any atom is 0.387 e. The first kappa shape index (κ1) is 17.7. The smallest absolute Gasteiger partial charge is 0.387 e. The largest absolute Gasteiger partial charge is 0.435 e. The Bertz CT molecular complexity index is 454. The van der Waals surface area contributed by atoms with Crippen LogP contribution in [0, 0.1) is 0 Å². The number of halogens is 3. The van der Waals surface area contributed by atoms with Crippen LogP contribution in [0.25, 0.3) is 0 Å². The summed E-state index contributed by atoms with van der Waals surface area (Å²) >= 11 is 0. The summed E-state index contributed by atoms with van der Waals surface area (Å²) in [5.74, 6) is -0.284. The monoisotopic (exact) mass is 320 g/mol. The Morgan fingerprint density at radius 3 is 2.95 bits per heavy atom. The second-order valence-electron chi connectivity index (χ2n) is 4.74. The van der Waals surface area contributed by atoms with Crippen molar-refractivity contribution >= 4 is 18.3 Å². The highest BCUT2D eigenvalue weighted by Gasteiger charge is 2.14. The van der Waals surface area contributed by atoms with Gasteiger partial charge >= 0.3 is 6.61 Å². The average molecular weight is 321 g/mol. The van der Waals surface area contributed by atoms with Gasteiger partial charge in [-0.1, -0.05) is 6.07 Å². The Hall–Kier alpha value is -1.40. The van der Waals surface area contributed by atoms with E-state index in [2.05, 4.69) is 15.4 Å². The molecule has 0 unspecified atom stereocenters. The molecule has 0 aromatic heterocycles. The minimum Gasteiger partial charge on any atom is -0.435 e. The van der Waals surface area contributed by atoms with Crippen LogP contribution >= 0.6 is 12.4 Å². The lowest BCUT2D eigenvalue weighted by Gasteiger charge is -2.11. The van der Waals surface area contributed by atoms with Crippen molar-refractivity contribution < 1.29 is 18.3 Å². The van der Waals surface area contributed by atoms with Crippen molar-refractivity contribution in [2.24, 2.45) is 0 Å². The van der Waals surface area contributed by atoms with Crippen LogP contribution in [0.1, 0.15) is 29.6 Å². The molecular weight excluding hydrogens is 302 g/mol. The molecule has 0 aliphatic carbocycles. The average Bonchev–Trinajstić information content (AvgIpc) is 2.91. The SMILES string of the molecule is Cl.O=C(NCC[C@H]1CCCN1)c1cccc(OC(F)F)c1. The van der Waals surface area contributed by atoms with Gasteiger partial charge in [0.15, 0.2) is 0 Å². The molecule has 2 rings (SSSR count). The van der Waals surface area contributed by atoms with E-state index >= 15 is 0 Å². The Kier molecular flexibility index (Phi) is 7.39. The summed E-state index contributed by atoms with van der Waals surface area (Å²) in [5.41, 5.74) is 0.322. The number of amides is 1. The predicted octanol–water partition coefficient (Wildman–Crippen LogP) is 2.58. The molecule has 7 heteroatoms. The molecule has 1 aliphatic heterocycles. The van der Waals surface area contributed by atoms with Crippen LogP contribution in [0.2, 0.25) is 0 Å². The van der Waals surface area contributed by atoms with E-state index in [-0.39, 0.29) is 24.1 Å². The van der Waals surface area contributed by atoms with Crippen molar-refractivity contribution in [3.05, 3.63) is 29.8 Å². The van der Waals surface area contributed by atoms with E-state index in [4.69, 9.17) is 0 Å². The molecule has 1 fully saturated rings. The van der Waals surface area contributed by atoms with Crippen LogP contribution in [0.15, 0.2) is 24.3 Å². The highest BCUT2D eigenvalue weighted by molar-refractivity contribution is 5.94. The van der Waals surface area contributed by atoms with Crippen molar-refractivity contribution in [2.75, 3.05) is 13.1 Å². The summed E-state index contributed by atoms with van der Waals surface area (Å²) in [4.78, 5) is 11.9. The van der Waals surface area contributed by atoms with E-state index in [1.807, 2.05) is 0 Å². The van der Waals surface area contributed by atoms with Crippen molar-refractivity contribution in [1.82, 2.24) is 10.6 Å². The number of carbonyl (C=O) groups excluding carboxylic acids is 1. The number of benzene rings is 1. The molecule has 2 N–H and O–H groups in total. The highest BCUT2D eigenvalue weighted by Crippen LogP contribution is 2.16. The molecule has 1 amide bonds. The third kappa shape index (κ3) is 5.85. The molecule has 1 aromatic carbocycles. The number of ether oxygens (including phenoxy) is 1. The predicted molar refractivity (Wildman–Crippen MR) is 78.3 cm³/mol. The number of hydrogen-bond acceptors (Lipinski definition) is 3. The third-order valence-corrected chi connectivity index (χ3v) is 3.26. The van der Waals surface area contributed by atoms with E-state index in [1.54, 1.807) is 6.07 Å². The number of alkyl halides is 2. The van der Waals surface area contributed by atoms with Gasteiger partial charge in [-0.2, -0.15) is 8.78 Å². The normalized spacial score (nSPS) is 17.4. The van der Waals surface area contributed by atoms with Gasteiger partial charge in [0.1, 0.15) is 5.75 Å². The van der Waals surface area contributed by atoms with Gasteiger partial charge in [0.05, 0.1) is 0 Å². The number of rotatable bonds is 6. The molecule has 1 aromatic rings. The lowest BCUT2D eigenvalue weighted by atomic mass is 10.1. The Morgan fingerprint density at radius 1 is 1.48 bits per heavy atom. The summed E-state index contributed by atoms with van der Waals surface area (Å²) in [6.07, 6.45) is 3.18. The fourth-order valence-corrected chi connectivity index (χ4v) is 2.28. The van der Waals surface area contributed by atoms with E-state index in [1.165, 1.54) is 24.6 Å². The molecule has 1 atom stereocenters. The summed E-state index contributed by atoms with van der Waals surface area (Å²) in [7, 11) is 0. The van der Waals surface area contributed by atoms with Gasteiger partial charge in [-0.3, -0.25) is 4.79 Å². The molecule has 4 nitrogen and oxygen atoms in total. The van der Waals surface area contributed by atoms with Gasteiger partial charge in [0, 0.05) is 18.2 Å². The summed E-state index contributed by atoms with van der Waals surface area (Å²) < 4.78 is 28.5. The molecule has 0 spiro atoms. The van der Waals surface area contributed by atoms with Gasteiger partial charge in [-0.15, -0.1) is 12.4 Å². The van der Waals surface area contributed by atoms with E-state index in [0.717, 1.165) is 19.4 Å². The van der Waals surface area contributed by atoms with Gasteiger partial charge < -0.3 is 15.4 Å². The topological polar surface area (TPSA) is 50.4 Å². The van der Waals surface area contributed by atoms with E-state index < -0.39 is 6.61 Å². The summed E-state index contributed by atoms with van der Waals surface area (Å²) in [5, 5.41) is 6.13. The first-order valence-electron chi connectivity index (χ1n) is 6.71. The standard InChI is InChI=1S/C14H18F2N2O2.ClH/c15-14(16)20-12-5-1-3-10(9-12)13(19)18-8-6-11-4-2-7-17-11;/h1,3,5,9,11,14,17H,2,4,6-8H2,(H,18,19);1H/t11-;/m1./s1. The number of hydrogen-bond donors (Lipinski definition) is 2. The number of nitrogens with one attached hydrogen (secondary N) is 2. The van der Waals surface area contributed by atoms with Gasteiger partial charge in [0.2, 0.25) is 0 Å². The second-order valence-corrected chi connectivity index (χ2v) is 4.74. The second kappa shape index (κ2) is 8.79. The van der Waals surface area contributed by atoms with Gasteiger partial charge in [0.25, 0.3) is 5.91 Å². The molecule has 1 heterocycles. The fraction of sp³-hybridized carbons (Fsp3) is 0.500. The zero-order chi connectivity index (χ0) is 14.4. The van der Waals surface area contributed by atoms with Crippen LogP contribution in [-0.4, -0.2) is 31.7 Å². The van der Waals surface area contributed by atoms with Crippen LogP contribution in [-0.2, 0) is 0 Å². The van der Waals surface area contributed by atoms with E-state index in [0.29, 0.717) is 18.2 Å². The molecule has 1 saturated heterocycles. The molecule has 0 bridgehead atoms. The Morgan fingerprint density at radius 2 is 2.29 bits per heavy atom. The molecule has 21 heavy (non-hydrogen) atoms. The first-order valence-corrected chi connectivity index (χ1v) is 6.71. The summed E-state index contributed by atoms with van der Waals surface area (Å²) in [6.45, 7) is -1.29. The highest BCUT2D eigenvalue weighted by atomic mass is 35.5. The Balaban J connectivity index is 0.00000220. The maximum absolute atomic E-state index is 12.1. The van der Waals surface area contributed by atoms with Crippen LogP contribution in [0.4, 0.5) is 8.78 Å². The van der Waals surface area contributed by atoms with Crippen LogP contribution < -0.4 is 15.4 Å². The molecule has 118 valence electrons. The zero-order valence-electron chi connectivity index (χ0n) is 11.5. The van der Waals surface area contributed by atoms with Gasteiger partial charge in [-0.05, 0) is 44.0 Å².